The fourth-order valence-electron chi connectivity index (χ4n) is 3.25. The first-order valence-corrected chi connectivity index (χ1v) is 9.64. The molecule has 0 spiro atoms. The van der Waals surface area contributed by atoms with Crippen LogP contribution in [0.15, 0.2) is 65.2 Å². The van der Waals surface area contributed by atoms with E-state index in [4.69, 9.17) is 4.42 Å². The molecule has 154 valence electrons. The third-order valence-electron chi connectivity index (χ3n) is 4.92. The lowest BCUT2D eigenvalue weighted by Gasteiger charge is -2.08. The zero-order valence-electron chi connectivity index (χ0n) is 16.7. The van der Waals surface area contributed by atoms with Crippen molar-refractivity contribution in [3.05, 3.63) is 78.3 Å². The van der Waals surface area contributed by atoms with Crippen LogP contribution in [0.3, 0.4) is 0 Å². The van der Waals surface area contributed by atoms with Gasteiger partial charge in [-0.05, 0) is 24.3 Å². The molecule has 0 aliphatic rings. The SMILES string of the molecule is Cn1c(-c2ccccc2)nnc1C(C#N)C(=O)CCc1ncc(-c2ccc(F)cc2)o1. The standard InChI is InChI=1S/C23H18FN5O2/c1-29-22(16-5-3-2-4-6-16)27-28-23(29)18(13-25)19(30)11-12-21-26-14-20(31-21)15-7-9-17(24)10-8-15/h2-10,14,18H,11-12H2,1H3. The number of aromatic nitrogens is 4. The van der Waals surface area contributed by atoms with Crippen molar-refractivity contribution in [2.45, 2.75) is 18.8 Å². The molecule has 0 bridgehead atoms. The number of nitrogens with zero attached hydrogens (tertiary/aromatic N) is 5. The zero-order valence-corrected chi connectivity index (χ0v) is 16.7. The van der Waals surface area contributed by atoms with Crippen LogP contribution in [0.4, 0.5) is 4.39 Å². The summed E-state index contributed by atoms with van der Waals surface area (Å²) in [6, 6.07) is 17.3. The van der Waals surface area contributed by atoms with Crippen LogP contribution in [0, 0.1) is 17.1 Å². The summed E-state index contributed by atoms with van der Waals surface area (Å²) in [5.41, 5.74) is 1.54. The molecule has 0 saturated heterocycles. The van der Waals surface area contributed by atoms with Crippen molar-refractivity contribution in [1.82, 2.24) is 19.7 Å². The average Bonchev–Trinajstić information content (AvgIpc) is 3.41. The van der Waals surface area contributed by atoms with E-state index in [0.717, 1.165) is 5.56 Å². The molecule has 4 rings (SSSR count). The number of oxazole rings is 1. The highest BCUT2D eigenvalue weighted by molar-refractivity contribution is 5.87. The number of carbonyl (C=O) groups is 1. The Kier molecular flexibility index (Phi) is 5.67. The summed E-state index contributed by atoms with van der Waals surface area (Å²) < 4.78 is 20.4. The van der Waals surface area contributed by atoms with Crippen molar-refractivity contribution in [1.29, 1.82) is 5.26 Å². The minimum atomic E-state index is -1.04. The van der Waals surface area contributed by atoms with Crippen molar-refractivity contribution in [2.24, 2.45) is 7.05 Å². The number of halogens is 1. The molecule has 1 atom stereocenters. The number of aryl methyl sites for hydroxylation is 1. The highest BCUT2D eigenvalue weighted by atomic mass is 19.1. The zero-order chi connectivity index (χ0) is 21.8. The molecule has 4 aromatic rings. The van der Waals surface area contributed by atoms with Gasteiger partial charge in [-0.3, -0.25) is 4.79 Å². The molecule has 1 unspecified atom stereocenters. The van der Waals surface area contributed by atoms with Crippen molar-refractivity contribution in [3.8, 4) is 28.8 Å². The van der Waals surface area contributed by atoms with Crippen LogP contribution in [-0.4, -0.2) is 25.5 Å². The van der Waals surface area contributed by atoms with E-state index in [0.29, 0.717) is 28.9 Å². The summed E-state index contributed by atoms with van der Waals surface area (Å²) in [6.45, 7) is 0. The number of Topliss-reactive ketones (excluding diaryl/α,β-unsaturated/α-hetero) is 1. The minimum Gasteiger partial charge on any atom is -0.441 e. The number of benzene rings is 2. The lowest BCUT2D eigenvalue weighted by Crippen LogP contribution is -2.16. The van der Waals surface area contributed by atoms with Gasteiger partial charge in [-0.2, -0.15) is 5.26 Å². The van der Waals surface area contributed by atoms with Gasteiger partial charge in [0.25, 0.3) is 0 Å². The molecule has 0 N–H and O–H groups in total. The molecule has 7 nitrogen and oxygen atoms in total. The molecule has 0 amide bonds. The van der Waals surface area contributed by atoms with E-state index in [2.05, 4.69) is 15.2 Å². The number of hydrogen-bond donors (Lipinski definition) is 0. The molecule has 2 heterocycles. The van der Waals surface area contributed by atoms with Crippen LogP contribution >= 0.6 is 0 Å². The largest absolute Gasteiger partial charge is 0.441 e. The fraction of sp³-hybridized carbons (Fsp3) is 0.174. The Morgan fingerprint density at radius 2 is 1.87 bits per heavy atom. The topological polar surface area (TPSA) is 97.6 Å². The second-order valence-corrected chi connectivity index (χ2v) is 6.96. The number of hydrogen-bond acceptors (Lipinski definition) is 6. The molecule has 0 fully saturated rings. The van der Waals surface area contributed by atoms with Gasteiger partial charge >= 0.3 is 0 Å². The van der Waals surface area contributed by atoms with Gasteiger partial charge in [-0.1, -0.05) is 30.3 Å². The van der Waals surface area contributed by atoms with Crippen molar-refractivity contribution in [3.63, 3.8) is 0 Å². The van der Waals surface area contributed by atoms with Gasteiger partial charge in [0.15, 0.2) is 35.0 Å². The maximum Gasteiger partial charge on any atom is 0.195 e. The summed E-state index contributed by atoms with van der Waals surface area (Å²) in [5, 5.41) is 17.8. The molecular weight excluding hydrogens is 397 g/mol. The number of ketones is 1. The minimum absolute atomic E-state index is 0.0646. The molecule has 0 aliphatic carbocycles. The molecule has 2 aromatic heterocycles. The van der Waals surface area contributed by atoms with Crippen LogP contribution in [0.5, 0.6) is 0 Å². The maximum atomic E-state index is 13.1. The van der Waals surface area contributed by atoms with E-state index in [9.17, 15) is 14.4 Å². The predicted octanol–water partition coefficient (Wildman–Crippen LogP) is 4.09. The fourth-order valence-corrected chi connectivity index (χ4v) is 3.25. The first kappa shape index (κ1) is 20.2. The van der Waals surface area contributed by atoms with Crippen molar-refractivity contribution >= 4 is 5.78 Å². The molecule has 0 aliphatic heterocycles. The molecular formula is C23H18FN5O2. The van der Waals surface area contributed by atoms with Gasteiger partial charge < -0.3 is 8.98 Å². The second kappa shape index (κ2) is 8.71. The first-order valence-electron chi connectivity index (χ1n) is 9.64. The number of carbonyl (C=O) groups excluding carboxylic acids is 1. The van der Waals surface area contributed by atoms with Gasteiger partial charge in [-0.15, -0.1) is 10.2 Å². The molecule has 0 radical (unpaired) electrons. The third kappa shape index (κ3) is 4.26. The summed E-state index contributed by atoms with van der Waals surface area (Å²) >= 11 is 0. The van der Waals surface area contributed by atoms with Gasteiger partial charge in [-0.25, -0.2) is 9.37 Å². The summed E-state index contributed by atoms with van der Waals surface area (Å²) in [6.07, 6.45) is 1.83. The number of nitriles is 1. The van der Waals surface area contributed by atoms with E-state index in [1.54, 1.807) is 23.7 Å². The third-order valence-corrected chi connectivity index (χ3v) is 4.92. The van der Waals surface area contributed by atoms with Crippen molar-refractivity contribution in [2.75, 3.05) is 0 Å². The van der Waals surface area contributed by atoms with Crippen LogP contribution in [0.2, 0.25) is 0 Å². The Bertz CT molecular complexity index is 1240. The van der Waals surface area contributed by atoms with Crippen LogP contribution in [0.1, 0.15) is 24.1 Å². The Morgan fingerprint density at radius 3 is 2.58 bits per heavy atom. The monoisotopic (exact) mass is 415 g/mol. The average molecular weight is 415 g/mol. The second-order valence-electron chi connectivity index (χ2n) is 6.96. The van der Waals surface area contributed by atoms with E-state index in [1.165, 1.54) is 18.3 Å². The Labute approximate surface area is 177 Å². The summed E-state index contributed by atoms with van der Waals surface area (Å²) in [4.78, 5) is 16.9. The van der Waals surface area contributed by atoms with Crippen molar-refractivity contribution < 1.29 is 13.6 Å². The lowest BCUT2D eigenvalue weighted by atomic mass is 10.0. The van der Waals surface area contributed by atoms with Gasteiger partial charge in [0.05, 0.1) is 12.3 Å². The van der Waals surface area contributed by atoms with E-state index >= 15 is 0 Å². The molecule has 0 saturated carbocycles. The van der Waals surface area contributed by atoms with Gasteiger partial charge in [0, 0.05) is 31.0 Å². The first-order chi connectivity index (χ1) is 15.1. The Morgan fingerprint density at radius 1 is 1.13 bits per heavy atom. The molecule has 8 heteroatoms. The smallest absolute Gasteiger partial charge is 0.195 e. The molecule has 31 heavy (non-hydrogen) atoms. The quantitative estimate of drug-likeness (QED) is 0.451. The predicted molar refractivity (Wildman–Crippen MR) is 110 cm³/mol. The van der Waals surface area contributed by atoms with Gasteiger partial charge in [0.1, 0.15) is 5.82 Å². The van der Waals surface area contributed by atoms with Gasteiger partial charge in [0.2, 0.25) is 0 Å². The van der Waals surface area contributed by atoms with E-state index < -0.39 is 5.92 Å². The summed E-state index contributed by atoms with van der Waals surface area (Å²) in [7, 11) is 1.73. The highest BCUT2D eigenvalue weighted by Gasteiger charge is 2.27. The summed E-state index contributed by atoms with van der Waals surface area (Å²) in [5.74, 6) is 0.0647. The van der Waals surface area contributed by atoms with Crippen LogP contribution < -0.4 is 0 Å². The van der Waals surface area contributed by atoms with Crippen LogP contribution in [0.25, 0.3) is 22.7 Å². The molecule has 2 aromatic carbocycles. The Balaban J connectivity index is 1.45. The van der Waals surface area contributed by atoms with E-state index in [-0.39, 0.29) is 24.4 Å². The van der Waals surface area contributed by atoms with E-state index in [1.807, 2.05) is 36.4 Å². The lowest BCUT2D eigenvalue weighted by molar-refractivity contribution is -0.119. The normalized spacial score (nSPS) is 11.8. The highest BCUT2D eigenvalue weighted by Crippen LogP contribution is 2.24. The van der Waals surface area contributed by atoms with Crippen LogP contribution in [-0.2, 0) is 18.3 Å². The number of rotatable bonds is 7. The maximum absolute atomic E-state index is 13.1. The Hall–Kier alpha value is -4.12.